The van der Waals surface area contributed by atoms with Crippen molar-refractivity contribution in [3.05, 3.63) is 63.8 Å². The first-order chi connectivity index (χ1) is 7.36. The summed E-state index contributed by atoms with van der Waals surface area (Å²) >= 11 is 0. The number of rotatable bonds is 0. The minimum Gasteiger partial charge on any atom is -0.289 e. The fourth-order valence-electron chi connectivity index (χ4n) is 2.15. The van der Waals surface area contributed by atoms with Crippen molar-refractivity contribution in [2.24, 2.45) is 0 Å². The van der Waals surface area contributed by atoms with Crippen molar-refractivity contribution < 1.29 is 0 Å². The van der Waals surface area contributed by atoms with Gasteiger partial charge in [0, 0.05) is 5.39 Å². The van der Waals surface area contributed by atoms with Gasteiger partial charge in [-0.1, -0.05) is 42.5 Å². The van der Waals surface area contributed by atoms with Crippen LogP contribution in [-0.4, -0.2) is 0 Å². The molecule has 1 aliphatic rings. The van der Waals surface area contributed by atoms with Gasteiger partial charge in [0.25, 0.3) is 0 Å². The third-order valence-corrected chi connectivity index (χ3v) is 2.87. The van der Waals surface area contributed by atoms with Crippen LogP contribution in [0.15, 0.2) is 47.3 Å². The van der Waals surface area contributed by atoms with Crippen molar-refractivity contribution in [2.75, 3.05) is 0 Å². The van der Waals surface area contributed by atoms with Crippen molar-refractivity contribution in [1.82, 2.24) is 0 Å². The second kappa shape index (κ2) is 3.06. The van der Waals surface area contributed by atoms with E-state index >= 15 is 0 Å². The van der Waals surface area contributed by atoms with Crippen molar-refractivity contribution in [3.63, 3.8) is 0 Å². The number of hydrogen-bond acceptors (Lipinski definition) is 1. The lowest BCUT2D eigenvalue weighted by molar-refractivity contribution is 1.32. The van der Waals surface area contributed by atoms with E-state index in [9.17, 15) is 4.79 Å². The average Bonchev–Trinajstić information content (AvgIpc) is 2.63. The molecule has 1 nitrogen and oxygen atoms in total. The minimum absolute atomic E-state index is 0.110. The molecule has 0 fully saturated rings. The summed E-state index contributed by atoms with van der Waals surface area (Å²) in [6.45, 7) is 0. The lowest BCUT2D eigenvalue weighted by Crippen LogP contribution is -1.98. The van der Waals surface area contributed by atoms with E-state index in [1.54, 1.807) is 12.1 Å². The summed E-state index contributed by atoms with van der Waals surface area (Å²) < 4.78 is 0. The van der Waals surface area contributed by atoms with Gasteiger partial charge in [-0.05, 0) is 29.0 Å². The van der Waals surface area contributed by atoms with Crippen LogP contribution in [0.5, 0.6) is 0 Å². The monoisotopic (exact) mass is 194 g/mol. The van der Waals surface area contributed by atoms with Crippen LogP contribution in [0.1, 0.15) is 11.1 Å². The maximum Gasteiger partial charge on any atom is 0.187 e. The first-order valence-corrected chi connectivity index (χ1v) is 5.08. The van der Waals surface area contributed by atoms with Gasteiger partial charge in [-0.2, -0.15) is 0 Å². The predicted molar refractivity (Wildman–Crippen MR) is 63.0 cm³/mol. The fourth-order valence-corrected chi connectivity index (χ4v) is 2.15. The summed E-state index contributed by atoms with van der Waals surface area (Å²) in [6.07, 6.45) is 5.11. The SMILES string of the molecule is O=c1ccccc2ccc3c(c12)C=CC3. The van der Waals surface area contributed by atoms with Crippen LogP contribution >= 0.6 is 0 Å². The lowest BCUT2D eigenvalue weighted by atomic mass is 10.0. The van der Waals surface area contributed by atoms with E-state index in [-0.39, 0.29) is 5.43 Å². The molecule has 0 saturated carbocycles. The zero-order chi connectivity index (χ0) is 10.3. The Kier molecular flexibility index (Phi) is 1.72. The summed E-state index contributed by atoms with van der Waals surface area (Å²) in [5, 5.41) is 1.88. The highest BCUT2D eigenvalue weighted by Crippen LogP contribution is 2.25. The molecule has 2 aromatic rings. The molecule has 1 aliphatic carbocycles. The Morgan fingerprint density at radius 3 is 2.80 bits per heavy atom. The minimum atomic E-state index is 0.110. The van der Waals surface area contributed by atoms with E-state index in [1.807, 2.05) is 18.2 Å². The summed E-state index contributed by atoms with van der Waals surface area (Å²) in [4.78, 5) is 11.9. The van der Waals surface area contributed by atoms with Gasteiger partial charge in [-0.25, -0.2) is 0 Å². The second-order valence-corrected chi connectivity index (χ2v) is 3.79. The Morgan fingerprint density at radius 1 is 1.00 bits per heavy atom. The Labute approximate surface area is 87.7 Å². The molecule has 0 bridgehead atoms. The van der Waals surface area contributed by atoms with E-state index in [0.29, 0.717) is 0 Å². The summed E-state index contributed by atoms with van der Waals surface area (Å²) in [6, 6.07) is 11.5. The van der Waals surface area contributed by atoms with E-state index in [4.69, 9.17) is 0 Å². The molecule has 0 radical (unpaired) electrons. The highest BCUT2D eigenvalue weighted by molar-refractivity contribution is 5.92. The van der Waals surface area contributed by atoms with Crippen LogP contribution in [-0.2, 0) is 6.42 Å². The lowest BCUT2D eigenvalue weighted by Gasteiger charge is -2.00. The van der Waals surface area contributed by atoms with Crippen LogP contribution < -0.4 is 5.43 Å². The maximum absolute atomic E-state index is 11.9. The number of hydrogen-bond donors (Lipinski definition) is 0. The van der Waals surface area contributed by atoms with Crippen molar-refractivity contribution >= 4 is 16.8 Å². The van der Waals surface area contributed by atoms with E-state index in [2.05, 4.69) is 18.2 Å². The molecular formula is C14H10O. The molecule has 2 aromatic carbocycles. The van der Waals surface area contributed by atoms with Gasteiger partial charge in [-0.3, -0.25) is 4.79 Å². The summed E-state index contributed by atoms with van der Waals surface area (Å²) in [5.74, 6) is 0. The molecule has 0 heterocycles. The smallest absolute Gasteiger partial charge is 0.187 e. The molecule has 0 aromatic heterocycles. The first-order valence-electron chi connectivity index (χ1n) is 5.08. The summed E-state index contributed by atoms with van der Waals surface area (Å²) in [7, 11) is 0. The maximum atomic E-state index is 11.9. The number of benzene rings is 1. The Morgan fingerprint density at radius 2 is 1.87 bits per heavy atom. The van der Waals surface area contributed by atoms with Gasteiger partial charge >= 0.3 is 0 Å². The molecule has 1 heteroatoms. The van der Waals surface area contributed by atoms with Crippen molar-refractivity contribution in [1.29, 1.82) is 0 Å². The summed E-state index contributed by atoms with van der Waals surface area (Å²) in [5.41, 5.74) is 2.47. The second-order valence-electron chi connectivity index (χ2n) is 3.79. The molecule has 3 rings (SSSR count). The average molecular weight is 194 g/mol. The Bertz CT molecular complexity index is 624. The standard InChI is InChI=1S/C14H10O/c15-13-7-2-1-4-11-9-8-10-5-3-6-12(10)14(11)13/h1-4,6-9H,5H2. The number of allylic oxidation sites excluding steroid dienone is 1. The molecule has 0 atom stereocenters. The van der Waals surface area contributed by atoms with Crippen LogP contribution in [0.2, 0.25) is 0 Å². The molecule has 0 N–H and O–H groups in total. The largest absolute Gasteiger partial charge is 0.289 e. The molecule has 0 spiro atoms. The van der Waals surface area contributed by atoms with Gasteiger partial charge in [0.2, 0.25) is 0 Å². The first kappa shape index (κ1) is 8.42. The molecule has 0 saturated heterocycles. The van der Waals surface area contributed by atoms with Crippen molar-refractivity contribution in [2.45, 2.75) is 6.42 Å². The third kappa shape index (κ3) is 1.20. The molecule has 0 amide bonds. The molecule has 15 heavy (non-hydrogen) atoms. The number of fused-ring (bicyclic) bond motifs is 3. The molecular weight excluding hydrogens is 184 g/mol. The van der Waals surface area contributed by atoms with E-state index < -0.39 is 0 Å². The van der Waals surface area contributed by atoms with E-state index in [1.165, 1.54) is 5.56 Å². The Balaban J connectivity index is 2.61. The van der Waals surface area contributed by atoms with Crippen LogP contribution in [0.3, 0.4) is 0 Å². The zero-order valence-corrected chi connectivity index (χ0v) is 8.23. The molecule has 0 aliphatic heterocycles. The van der Waals surface area contributed by atoms with Gasteiger partial charge < -0.3 is 0 Å². The van der Waals surface area contributed by atoms with Crippen molar-refractivity contribution in [3.8, 4) is 0 Å². The predicted octanol–water partition coefficient (Wildman–Crippen LogP) is 2.77. The van der Waals surface area contributed by atoms with E-state index in [0.717, 1.165) is 22.8 Å². The van der Waals surface area contributed by atoms with Gasteiger partial charge in [-0.15, -0.1) is 0 Å². The van der Waals surface area contributed by atoms with Gasteiger partial charge in [0.05, 0.1) is 0 Å². The van der Waals surface area contributed by atoms with Gasteiger partial charge in [0.15, 0.2) is 5.43 Å². The topological polar surface area (TPSA) is 17.1 Å². The quantitative estimate of drug-likeness (QED) is 0.630. The van der Waals surface area contributed by atoms with Gasteiger partial charge in [0.1, 0.15) is 0 Å². The van der Waals surface area contributed by atoms with Crippen LogP contribution in [0, 0.1) is 0 Å². The third-order valence-electron chi connectivity index (χ3n) is 2.87. The normalized spacial score (nSPS) is 13.1. The fraction of sp³-hybridized carbons (Fsp3) is 0.0714. The highest BCUT2D eigenvalue weighted by atomic mass is 16.1. The van der Waals surface area contributed by atoms with Crippen LogP contribution in [0.4, 0.5) is 0 Å². The highest BCUT2D eigenvalue weighted by Gasteiger charge is 2.09. The Hall–Kier alpha value is -1.89. The van der Waals surface area contributed by atoms with Crippen LogP contribution in [0.25, 0.3) is 16.8 Å². The molecule has 0 unspecified atom stereocenters. The molecule has 72 valence electrons. The zero-order valence-electron chi connectivity index (χ0n) is 8.23.